The van der Waals surface area contributed by atoms with Gasteiger partial charge in [0.15, 0.2) is 11.6 Å². The molecule has 0 radical (unpaired) electrons. The number of thioether (sulfide) groups is 1. The van der Waals surface area contributed by atoms with Gasteiger partial charge in [0.2, 0.25) is 0 Å². The van der Waals surface area contributed by atoms with Crippen LogP contribution in [0.2, 0.25) is 0 Å². The predicted molar refractivity (Wildman–Crippen MR) is 70.6 cm³/mol. The number of halogens is 1. The Morgan fingerprint density at radius 2 is 2.00 bits per heavy atom. The molecule has 0 bridgehead atoms. The molecule has 18 heavy (non-hydrogen) atoms. The fraction of sp³-hybridized carbons (Fsp3) is 0.143. The summed E-state index contributed by atoms with van der Waals surface area (Å²) in [5.74, 6) is 0.717. The van der Waals surface area contributed by atoms with Crippen LogP contribution >= 0.6 is 11.8 Å². The number of rotatable bonds is 4. The Morgan fingerprint density at radius 3 is 2.67 bits per heavy atom. The van der Waals surface area contributed by atoms with Gasteiger partial charge in [0.25, 0.3) is 0 Å². The number of hydrogen-bond donors (Lipinski definition) is 1. The van der Waals surface area contributed by atoms with E-state index in [0.717, 1.165) is 10.5 Å². The molecule has 2 aromatic rings. The summed E-state index contributed by atoms with van der Waals surface area (Å²) in [6.07, 6.45) is 0. The third-order valence-corrected chi connectivity index (χ3v) is 3.61. The maximum atomic E-state index is 13.5. The summed E-state index contributed by atoms with van der Waals surface area (Å²) in [6.45, 7) is 0. The highest BCUT2D eigenvalue weighted by atomic mass is 32.2. The Bertz CT molecular complexity index is 543. The van der Waals surface area contributed by atoms with Crippen molar-refractivity contribution in [1.29, 1.82) is 0 Å². The van der Waals surface area contributed by atoms with E-state index < -0.39 is 0 Å². The molecule has 0 aromatic heterocycles. The van der Waals surface area contributed by atoms with Crippen molar-refractivity contribution in [3.05, 3.63) is 53.8 Å². The monoisotopic (exact) mass is 264 g/mol. The van der Waals surface area contributed by atoms with Crippen LogP contribution in [-0.2, 0) is 5.75 Å². The summed E-state index contributed by atoms with van der Waals surface area (Å²) in [4.78, 5) is 0.786. The summed E-state index contributed by atoms with van der Waals surface area (Å²) < 4.78 is 18.3. The molecule has 94 valence electrons. The van der Waals surface area contributed by atoms with E-state index in [2.05, 4.69) is 0 Å². The molecule has 4 heteroatoms. The van der Waals surface area contributed by atoms with E-state index in [9.17, 15) is 9.50 Å². The molecule has 0 saturated carbocycles. The van der Waals surface area contributed by atoms with E-state index in [1.807, 2.05) is 18.2 Å². The summed E-state index contributed by atoms with van der Waals surface area (Å²) >= 11 is 1.46. The number of aromatic hydroxyl groups is 1. The molecule has 2 nitrogen and oxygen atoms in total. The number of benzene rings is 2. The van der Waals surface area contributed by atoms with Crippen LogP contribution in [0.5, 0.6) is 11.5 Å². The minimum absolute atomic E-state index is 0.242. The third-order valence-electron chi connectivity index (χ3n) is 2.48. The van der Waals surface area contributed by atoms with Crippen LogP contribution in [0, 0.1) is 5.82 Å². The lowest BCUT2D eigenvalue weighted by Gasteiger charge is -2.06. The second-order valence-corrected chi connectivity index (χ2v) is 4.74. The van der Waals surface area contributed by atoms with Crippen LogP contribution in [-0.4, -0.2) is 12.2 Å². The number of phenols is 1. The third kappa shape index (κ3) is 2.96. The maximum absolute atomic E-state index is 13.5. The van der Waals surface area contributed by atoms with E-state index in [1.165, 1.54) is 24.9 Å². The topological polar surface area (TPSA) is 29.5 Å². The van der Waals surface area contributed by atoms with Crippen molar-refractivity contribution in [3.8, 4) is 11.5 Å². The molecule has 0 fully saturated rings. The van der Waals surface area contributed by atoms with Crippen molar-refractivity contribution >= 4 is 11.8 Å². The molecule has 0 aliphatic rings. The molecule has 0 saturated heterocycles. The Kier molecular flexibility index (Phi) is 4.10. The van der Waals surface area contributed by atoms with E-state index >= 15 is 0 Å². The number of phenolic OH excluding ortho intramolecular Hbond substituents is 1. The van der Waals surface area contributed by atoms with E-state index in [4.69, 9.17) is 4.74 Å². The van der Waals surface area contributed by atoms with Gasteiger partial charge in [-0.1, -0.05) is 18.2 Å². The average molecular weight is 264 g/mol. The van der Waals surface area contributed by atoms with E-state index in [-0.39, 0.29) is 17.3 Å². The first-order valence-electron chi connectivity index (χ1n) is 5.44. The highest BCUT2D eigenvalue weighted by Gasteiger charge is 2.05. The van der Waals surface area contributed by atoms with Gasteiger partial charge in [0.05, 0.1) is 7.11 Å². The SMILES string of the molecule is COc1ccc(CSc2ccccc2O)cc1F. The summed E-state index contributed by atoms with van der Waals surface area (Å²) in [7, 11) is 1.44. The summed E-state index contributed by atoms with van der Waals surface area (Å²) in [5, 5.41) is 9.61. The second kappa shape index (κ2) is 5.78. The van der Waals surface area contributed by atoms with Crippen molar-refractivity contribution in [2.45, 2.75) is 10.6 Å². The zero-order chi connectivity index (χ0) is 13.0. The number of methoxy groups -OCH3 is 1. The lowest BCUT2D eigenvalue weighted by molar-refractivity contribution is 0.386. The zero-order valence-corrected chi connectivity index (χ0v) is 10.7. The highest BCUT2D eigenvalue weighted by Crippen LogP contribution is 2.31. The van der Waals surface area contributed by atoms with Crippen LogP contribution in [0.4, 0.5) is 4.39 Å². The first kappa shape index (κ1) is 12.8. The predicted octanol–water partition coefficient (Wildman–Crippen LogP) is 3.83. The number of para-hydroxylation sites is 1. The van der Waals surface area contributed by atoms with Gasteiger partial charge in [-0.2, -0.15) is 0 Å². The van der Waals surface area contributed by atoms with Gasteiger partial charge in [0, 0.05) is 10.6 Å². The average Bonchev–Trinajstić information content (AvgIpc) is 2.38. The van der Waals surface area contributed by atoms with Crippen molar-refractivity contribution < 1.29 is 14.2 Å². The standard InChI is InChI=1S/C14H13FO2S/c1-17-13-7-6-10(8-11(13)15)9-18-14-5-3-2-4-12(14)16/h2-8,16H,9H2,1H3. The molecule has 0 aliphatic carbocycles. The molecule has 0 spiro atoms. The summed E-state index contributed by atoms with van der Waals surface area (Å²) in [5.41, 5.74) is 0.849. The summed E-state index contributed by atoms with van der Waals surface area (Å²) in [6, 6.07) is 12.0. The van der Waals surface area contributed by atoms with Crippen molar-refractivity contribution in [3.63, 3.8) is 0 Å². The lowest BCUT2D eigenvalue weighted by Crippen LogP contribution is -1.90. The van der Waals surface area contributed by atoms with Crippen LogP contribution in [0.15, 0.2) is 47.4 Å². The number of ether oxygens (including phenoxy) is 1. The molecular weight excluding hydrogens is 251 g/mol. The Morgan fingerprint density at radius 1 is 1.22 bits per heavy atom. The molecule has 0 aliphatic heterocycles. The molecule has 0 amide bonds. The molecular formula is C14H13FO2S. The fourth-order valence-electron chi connectivity index (χ4n) is 1.54. The largest absolute Gasteiger partial charge is 0.507 e. The minimum atomic E-state index is -0.368. The molecule has 0 unspecified atom stereocenters. The molecule has 1 N–H and O–H groups in total. The van der Waals surface area contributed by atoms with Crippen molar-refractivity contribution in [1.82, 2.24) is 0 Å². The van der Waals surface area contributed by atoms with E-state index in [0.29, 0.717) is 5.75 Å². The van der Waals surface area contributed by atoms with Crippen molar-refractivity contribution in [2.24, 2.45) is 0 Å². The van der Waals surface area contributed by atoms with Gasteiger partial charge < -0.3 is 9.84 Å². The van der Waals surface area contributed by atoms with Gasteiger partial charge in [-0.25, -0.2) is 4.39 Å². The Labute approximate surface area is 109 Å². The Balaban J connectivity index is 2.07. The highest BCUT2D eigenvalue weighted by molar-refractivity contribution is 7.98. The molecule has 0 atom stereocenters. The van der Waals surface area contributed by atoms with Crippen LogP contribution < -0.4 is 4.74 Å². The smallest absolute Gasteiger partial charge is 0.165 e. The number of hydrogen-bond acceptors (Lipinski definition) is 3. The van der Waals surface area contributed by atoms with Gasteiger partial charge in [-0.15, -0.1) is 11.8 Å². The first-order chi connectivity index (χ1) is 8.70. The van der Waals surface area contributed by atoms with E-state index in [1.54, 1.807) is 18.2 Å². The van der Waals surface area contributed by atoms with Gasteiger partial charge in [0.1, 0.15) is 5.75 Å². The first-order valence-corrected chi connectivity index (χ1v) is 6.42. The minimum Gasteiger partial charge on any atom is -0.507 e. The molecule has 2 rings (SSSR count). The van der Waals surface area contributed by atoms with Crippen LogP contribution in [0.25, 0.3) is 0 Å². The Hall–Kier alpha value is -1.68. The second-order valence-electron chi connectivity index (χ2n) is 3.73. The van der Waals surface area contributed by atoms with Crippen molar-refractivity contribution in [2.75, 3.05) is 7.11 Å². The normalized spacial score (nSPS) is 10.3. The van der Waals surface area contributed by atoms with Gasteiger partial charge >= 0.3 is 0 Å². The van der Waals surface area contributed by atoms with Gasteiger partial charge in [-0.05, 0) is 29.8 Å². The van der Waals surface area contributed by atoms with Gasteiger partial charge in [-0.3, -0.25) is 0 Å². The maximum Gasteiger partial charge on any atom is 0.165 e. The fourth-order valence-corrected chi connectivity index (χ4v) is 2.43. The van der Waals surface area contributed by atoms with Crippen LogP contribution in [0.1, 0.15) is 5.56 Å². The zero-order valence-electron chi connectivity index (χ0n) is 9.89. The lowest BCUT2D eigenvalue weighted by atomic mass is 10.2. The molecule has 2 aromatic carbocycles. The molecule has 0 heterocycles. The van der Waals surface area contributed by atoms with Crippen LogP contribution in [0.3, 0.4) is 0 Å². The quantitative estimate of drug-likeness (QED) is 0.851.